The zero-order valence-corrected chi connectivity index (χ0v) is 19.9. The average molecular weight is 464 g/mol. The summed E-state index contributed by atoms with van der Waals surface area (Å²) in [7, 11) is 0. The number of hydrogen-bond donors (Lipinski definition) is 3. The summed E-state index contributed by atoms with van der Waals surface area (Å²) < 4.78 is 15.5. The Kier molecular flexibility index (Phi) is 13.3. The highest BCUT2D eigenvalue weighted by molar-refractivity contribution is 5.75. The first-order chi connectivity index (χ1) is 15.7. The summed E-state index contributed by atoms with van der Waals surface area (Å²) in [4.78, 5) is 35.8. The standard InChI is InChI=1S/C24H37N3O6/c1-5-17-31-21(28)20(25-15-16-27-23(30)33-24(2,3)4)13-9-10-14-26-22(29)32-18-19-11-7-6-8-12-19/h5-8,11-12,20,25H,1,9-10,13-18H2,2-4H3,(H,26,29)(H,27,30)/t20-/m0/s1. The lowest BCUT2D eigenvalue weighted by molar-refractivity contribution is -0.145. The zero-order chi connectivity index (χ0) is 24.5. The third-order valence-corrected chi connectivity index (χ3v) is 4.21. The number of amides is 2. The molecule has 1 atom stereocenters. The summed E-state index contributed by atoms with van der Waals surface area (Å²) in [6.07, 6.45) is 2.38. The van der Waals surface area contributed by atoms with Crippen molar-refractivity contribution in [2.24, 2.45) is 0 Å². The fourth-order valence-electron chi connectivity index (χ4n) is 2.71. The van der Waals surface area contributed by atoms with E-state index in [1.165, 1.54) is 6.08 Å². The Hall–Kier alpha value is -3.07. The summed E-state index contributed by atoms with van der Waals surface area (Å²) in [5, 5.41) is 8.43. The minimum Gasteiger partial charge on any atom is -0.460 e. The SMILES string of the molecule is C=CCOC(=O)[C@H](CCCCNC(=O)OCc1ccccc1)NCCNC(=O)OC(C)(C)C. The van der Waals surface area contributed by atoms with Crippen LogP contribution < -0.4 is 16.0 Å². The predicted octanol–water partition coefficient (Wildman–Crippen LogP) is 3.30. The van der Waals surface area contributed by atoms with E-state index >= 15 is 0 Å². The highest BCUT2D eigenvalue weighted by atomic mass is 16.6. The molecule has 0 spiro atoms. The van der Waals surface area contributed by atoms with E-state index in [2.05, 4.69) is 22.5 Å². The molecule has 0 aliphatic carbocycles. The van der Waals surface area contributed by atoms with E-state index in [-0.39, 0.29) is 19.2 Å². The number of carbonyl (C=O) groups excluding carboxylic acids is 3. The van der Waals surface area contributed by atoms with E-state index in [4.69, 9.17) is 14.2 Å². The van der Waals surface area contributed by atoms with Crippen LogP contribution in [-0.4, -0.2) is 56.0 Å². The van der Waals surface area contributed by atoms with Crippen molar-refractivity contribution in [1.82, 2.24) is 16.0 Å². The number of rotatable bonds is 14. The van der Waals surface area contributed by atoms with Crippen LogP contribution in [0.4, 0.5) is 9.59 Å². The highest BCUT2D eigenvalue weighted by Gasteiger charge is 2.19. The van der Waals surface area contributed by atoms with Crippen LogP contribution in [0, 0.1) is 0 Å². The third-order valence-electron chi connectivity index (χ3n) is 4.21. The average Bonchev–Trinajstić information content (AvgIpc) is 2.76. The lowest BCUT2D eigenvalue weighted by Gasteiger charge is -2.20. The van der Waals surface area contributed by atoms with Gasteiger partial charge in [-0.1, -0.05) is 43.0 Å². The molecule has 0 aromatic heterocycles. The van der Waals surface area contributed by atoms with E-state index in [1.54, 1.807) is 20.8 Å². The number of ether oxygens (including phenoxy) is 3. The van der Waals surface area contributed by atoms with Crippen LogP contribution >= 0.6 is 0 Å². The molecule has 0 saturated carbocycles. The molecule has 1 aromatic carbocycles. The molecular formula is C24H37N3O6. The molecule has 0 heterocycles. The lowest BCUT2D eigenvalue weighted by atomic mass is 10.1. The number of hydrogen-bond acceptors (Lipinski definition) is 7. The topological polar surface area (TPSA) is 115 Å². The van der Waals surface area contributed by atoms with Crippen LogP contribution in [-0.2, 0) is 25.6 Å². The summed E-state index contributed by atoms with van der Waals surface area (Å²) >= 11 is 0. The van der Waals surface area contributed by atoms with Crippen molar-refractivity contribution in [2.75, 3.05) is 26.2 Å². The van der Waals surface area contributed by atoms with Gasteiger partial charge in [-0.05, 0) is 45.6 Å². The first-order valence-corrected chi connectivity index (χ1v) is 11.1. The molecule has 9 heteroatoms. The normalized spacial score (nSPS) is 11.7. The Bertz CT molecular complexity index is 733. The molecule has 33 heavy (non-hydrogen) atoms. The zero-order valence-electron chi connectivity index (χ0n) is 19.9. The second kappa shape index (κ2) is 15.7. The van der Waals surface area contributed by atoms with E-state index in [0.717, 1.165) is 5.56 Å². The van der Waals surface area contributed by atoms with Gasteiger partial charge in [0.25, 0.3) is 0 Å². The number of nitrogens with one attached hydrogen (secondary N) is 3. The van der Waals surface area contributed by atoms with Gasteiger partial charge in [0.05, 0.1) is 0 Å². The van der Waals surface area contributed by atoms with Crippen LogP contribution in [0.15, 0.2) is 43.0 Å². The van der Waals surface area contributed by atoms with Crippen molar-refractivity contribution in [3.63, 3.8) is 0 Å². The molecule has 1 rings (SSSR count). The maximum absolute atomic E-state index is 12.3. The van der Waals surface area contributed by atoms with Crippen molar-refractivity contribution < 1.29 is 28.6 Å². The van der Waals surface area contributed by atoms with Gasteiger partial charge in [0.1, 0.15) is 24.9 Å². The molecule has 0 bridgehead atoms. The van der Waals surface area contributed by atoms with Gasteiger partial charge in [-0.25, -0.2) is 9.59 Å². The molecule has 0 aliphatic rings. The quantitative estimate of drug-likeness (QED) is 0.168. The van der Waals surface area contributed by atoms with Crippen LogP contribution in [0.5, 0.6) is 0 Å². The van der Waals surface area contributed by atoms with Gasteiger partial charge < -0.3 is 30.2 Å². The number of carbonyl (C=O) groups is 3. The van der Waals surface area contributed by atoms with E-state index < -0.39 is 23.8 Å². The minimum atomic E-state index is -0.573. The molecule has 2 amide bonds. The Morgan fingerprint density at radius 3 is 2.33 bits per heavy atom. The Morgan fingerprint density at radius 2 is 1.67 bits per heavy atom. The Balaban J connectivity index is 2.28. The fourth-order valence-corrected chi connectivity index (χ4v) is 2.71. The fraction of sp³-hybridized carbons (Fsp3) is 0.542. The predicted molar refractivity (Wildman–Crippen MR) is 126 cm³/mol. The van der Waals surface area contributed by atoms with E-state index in [0.29, 0.717) is 38.9 Å². The van der Waals surface area contributed by atoms with Crippen molar-refractivity contribution in [3.05, 3.63) is 48.6 Å². The molecule has 0 unspecified atom stereocenters. The molecule has 1 aromatic rings. The molecule has 0 saturated heterocycles. The van der Waals surface area contributed by atoms with E-state index in [9.17, 15) is 14.4 Å². The molecule has 0 fully saturated rings. The van der Waals surface area contributed by atoms with Gasteiger partial charge in [0, 0.05) is 19.6 Å². The van der Waals surface area contributed by atoms with Crippen LogP contribution in [0.1, 0.15) is 45.6 Å². The largest absolute Gasteiger partial charge is 0.460 e. The summed E-state index contributed by atoms with van der Waals surface area (Å²) in [6, 6.07) is 8.90. The first-order valence-electron chi connectivity index (χ1n) is 11.1. The minimum absolute atomic E-state index is 0.127. The van der Waals surface area contributed by atoms with Crippen LogP contribution in [0.3, 0.4) is 0 Å². The third kappa shape index (κ3) is 14.6. The maximum atomic E-state index is 12.3. The molecule has 184 valence electrons. The van der Waals surface area contributed by atoms with E-state index in [1.807, 2.05) is 30.3 Å². The van der Waals surface area contributed by atoms with Gasteiger partial charge in [-0.3, -0.25) is 4.79 Å². The molecular weight excluding hydrogens is 426 g/mol. The second-order valence-corrected chi connectivity index (χ2v) is 8.34. The Morgan fingerprint density at radius 1 is 0.970 bits per heavy atom. The monoisotopic (exact) mass is 463 g/mol. The number of alkyl carbamates (subject to hydrolysis) is 2. The molecule has 9 nitrogen and oxygen atoms in total. The number of esters is 1. The van der Waals surface area contributed by atoms with Gasteiger partial charge in [-0.15, -0.1) is 0 Å². The van der Waals surface area contributed by atoms with Gasteiger partial charge in [0.15, 0.2) is 0 Å². The van der Waals surface area contributed by atoms with Gasteiger partial charge >= 0.3 is 18.2 Å². The first kappa shape index (κ1) is 28.0. The van der Waals surface area contributed by atoms with Crippen LogP contribution in [0.2, 0.25) is 0 Å². The molecule has 0 radical (unpaired) electrons. The summed E-state index contributed by atoms with van der Waals surface area (Å²) in [5.41, 5.74) is 0.345. The number of unbranched alkanes of at least 4 members (excludes halogenated alkanes) is 1. The maximum Gasteiger partial charge on any atom is 0.407 e. The molecule has 0 aliphatic heterocycles. The van der Waals surface area contributed by atoms with Gasteiger partial charge in [0.2, 0.25) is 0 Å². The molecule has 3 N–H and O–H groups in total. The van der Waals surface area contributed by atoms with Crippen molar-refractivity contribution in [1.29, 1.82) is 0 Å². The highest BCUT2D eigenvalue weighted by Crippen LogP contribution is 2.06. The Labute approximate surface area is 196 Å². The number of benzene rings is 1. The smallest absolute Gasteiger partial charge is 0.407 e. The van der Waals surface area contributed by atoms with Crippen molar-refractivity contribution in [2.45, 2.75) is 58.3 Å². The lowest BCUT2D eigenvalue weighted by Crippen LogP contribution is -2.43. The van der Waals surface area contributed by atoms with Gasteiger partial charge in [-0.2, -0.15) is 0 Å². The van der Waals surface area contributed by atoms with Crippen molar-refractivity contribution >= 4 is 18.2 Å². The summed E-state index contributed by atoms with van der Waals surface area (Å²) in [5.74, 6) is -0.387. The van der Waals surface area contributed by atoms with Crippen molar-refractivity contribution in [3.8, 4) is 0 Å². The second-order valence-electron chi connectivity index (χ2n) is 8.34. The summed E-state index contributed by atoms with van der Waals surface area (Å²) in [6.45, 7) is 10.3. The van der Waals surface area contributed by atoms with Crippen LogP contribution in [0.25, 0.3) is 0 Å².